The fourth-order valence-electron chi connectivity index (χ4n) is 8.34. The number of rotatable bonds is 10. The van der Waals surface area contributed by atoms with Gasteiger partial charge in [0.1, 0.15) is 0 Å². The number of aromatic nitrogens is 6. The van der Waals surface area contributed by atoms with Crippen molar-refractivity contribution in [1.82, 2.24) is 38.0 Å². The molecule has 2 N–H and O–H groups in total. The summed E-state index contributed by atoms with van der Waals surface area (Å²) in [4.78, 5) is 50.0. The Morgan fingerprint density at radius 2 is 0.980 bits per heavy atom. The van der Waals surface area contributed by atoms with Crippen LogP contribution in [0.5, 0.6) is 0 Å². The molecule has 2 aliphatic rings. The predicted octanol–water partition coefficient (Wildman–Crippen LogP) is 5.85. The van der Waals surface area contributed by atoms with Gasteiger partial charge in [-0.3, -0.25) is 18.3 Å². The highest BCUT2D eigenvalue weighted by atomic mass is 35.5. The fraction of sp³-hybridized carbons (Fsp3) is 0.432. The number of aryl methyl sites for hydroxylation is 2. The number of piperidine rings is 2. The Morgan fingerprint density at radius 3 is 1.40 bits per heavy atom. The first-order chi connectivity index (χ1) is 24.3. The minimum Gasteiger partial charge on any atom is -0.305 e. The molecule has 11 nitrogen and oxygen atoms in total. The third kappa shape index (κ3) is 6.36. The summed E-state index contributed by atoms with van der Waals surface area (Å²) in [5.74, 6) is 0. The van der Waals surface area contributed by atoms with E-state index in [1.165, 1.54) is 0 Å². The number of nitrogens with zero attached hydrogens (tertiary/aromatic N) is 6. The van der Waals surface area contributed by atoms with Crippen molar-refractivity contribution in [3.8, 4) is 0 Å². The molecule has 0 aliphatic carbocycles. The van der Waals surface area contributed by atoms with Gasteiger partial charge in [-0.1, -0.05) is 35.3 Å². The van der Waals surface area contributed by atoms with Crippen molar-refractivity contribution < 1.29 is 0 Å². The number of fused-ring (bicyclic) bond motifs is 3. The molecule has 50 heavy (non-hydrogen) atoms. The number of likely N-dealkylation sites (tertiary alicyclic amines) is 2. The van der Waals surface area contributed by atoms with Gasteiger partial charge in [-0.25, -0.2) is 14.4 Å². The van der Waals surface area contributed by atoms with E-state index < -0.39 is 0 Å². The van der Waals surface area contributed by atoms with Gasteiger partial charge < -0.3 is 19.8 Å². The maximum absolute atomic E-state index is 13.7. The van der Waals surface area contributed by atoms with Crippen molar-refractivity contribution in [2.45, 2.75) is 63.7 Å². The van der Waals surface area contributed by atoms with Gasteiger partial charge >= 0.3 is 17.1 Å². The number of benzene rings is 3. The number of imidazole rings is 3. The third-order valence-corrected chi connectivity index (χ3v) is 11.3. The van der Waals surface area contributed by atoms with Crippen molar-refractivity contribution in [2.24, 2.45) is 0 Å². The summed E-state index contributed by atoms with van der Waals surface area (Å²) in [5, 5.41) is 1.23. The SMILES string of the molecule is O=c1n(CCCN2CCC(n3c(=O)[nH]c4cc(Cl)ccc43)CC2)c2ccccc2n1CCCN1CCC(n2c(=O)[nH]c3cc(Cl)ccc32)CC1. The molecule has 0 radical (unpaired) electrons. The number of halogens is 2. The van der Waals surface area contributed by atoms with Crippen LogP contribution in [-0.2, 0) is 13.1 Å². The van der Waals surface area contributed by atoms with E-state index in [4.69, 9.17) is 23.2 Å². The van der Waals surface area contributed by atoms with Crippen LogP contribution in [0.4, 0.5) is 0 Å². The summed E-state index contributed by atoms with van der Waals surface area (Å²) in [6, 6.07) is 19.6. The highest BCUT2D eigenvalue weighted by molar-refractivity contribution is 6.31. The molecule has 3 aromatic carbocycles. The molecule has 0 spiro atoms. The molecule has 13 heteroatoms. The van der Waals surface area contributed by atoms with Crippen LogP contribution in [-0.4, -0.2) is 77.3 Å². The monoisotopic (exact) mass is 716 g/mol. The summed E-state index contributed by atoms with van der Waals surface area (Å²) < 4.78 is 7.67. The van der Waals surface area contributed by atoms with Gasteiger partial charge in [0, 0.05) is 61.4 Å². The zero-order valence-corrected chi connectivity index (χ0v) is 29.5. The minimum atomic E-state index is -0.0769. The maximum Gasteiger partial charge on any atom is 0.329 e. The average molecular weight is 718 g/mol. The topological polar surface area (TPSA) is 109 Å². The Hall–Kier alpha value is -4.03. The van der Waals surface area contributed by atoms with E-state index in [2.05, 4.69) is 31.9 Å². The predicted molar refractivity (Wildman–Crippen MR) is 200 cm³/mol. The van der Waals surface area contributed by atoms with Gasteiger partial charge in [-0.15, -0.1) is 0 Å². The first kappa shape index (κ1) is 33.1. The van der Waals surface area contributed by atoms with E-state index in [0.29, 0.717) is 23.1 Å². The molecular formula is C37H42Cl2N8O3. The number of aromatic amines is 2. The van der Waals surface area contributed by atoms with Crippen LogP contribution in [0, 0.1) is 0 Å². The molecule has 3 aromatic heterocycles. The third-order valence-electron chi connectivity index (χ3n) is 10.8. The van der Waals surface area contributed by atoms with E-state index in [1.807, 2.05) is 66.8 Å². The first-order valence-corrected chi connectivity index (χ1v) is 18.5. The molecular weight excluding hydrogens is 675 g/mol. The normalized spacial score (nSPS) is 17.2. The van der Waals surface area contributed by atoms with Crippen molar-refractivity contribution in [1.29, 1.82) is 0 Å². The van der Waals surface area contributed by atoms with Gasteiger partial charge in [-0.2, -0.15) is 0 Å². The molecule has 2 fully saturated rings. The second-order valence-corrected chi connectivity index (χ2v) is 14.7. The molecule has 6 aromatic rings. The summed E-state index contributed by atoms with van der Waals surface area (Å²) in [6.07, 6.45) is 5.39. The molecule has 2 aliphatic heterocycles. The van der Waals surface area contributed by atoms with Crippen LogP contribution in [0.2, 0.25) is 10.0 Å². The first-order valence-electron chi connectivity index (χ1n) is 17.8. The van der Waals surface area contributed by atoms with Gasteiger partial charge in [0.2, 0.25) is 0 Å². The van der Waals surface area contributed by atoms with Crippen molar-refractivity contribution in [3.63, 3.8) is 0 Å². The van der Waals surface area contributed by atoms with Crippen molar-refractivity contribution in [3.05, 3.63) is 102 Å². The molecule has 262 valence electrons. The summed E-state index contributed by atoms with van der Waals surface area (Å²) in [5.41, 5.74) is 5.25. The zero-order chi connectivity index (χ0) is 34.4. The van der Waals surface area contributed by atoms with E-state index in [0.717, 1.165) is 111 Å². The second-order valence-electron chi connectivity index (χ2n) is 13.9. The van der Waals surface area contributed by atoms with Gasteiger partial charge in [0.25, 0.3) is 0 Å². The number of para-hydroxylation sites is 2. The molecule has 0 unspecified atom stereocenters. The Balaban J connectivity index is 0.844. The standard InChI is InChI=1S/C37H42Cl2N8O3/c38-25-7-9-31-29(23-25)40-35(48)46(31)27-11-19-42(20-12-27)15-3-17-44-33-5-1-2-6-34(33)45(37(44)50)18-4-16-43-21-13-28(14-22-43)47-32-10-8-26(39)24-30(32)41-36(47)49/h1-2,5-10,23-24,27-28H,3-4,11-22H2,(H,40,48)(H,41,49). The van der Waals surface area contributed by atoms with Crippen molar-refractivity contribution in [2.75, 3.05) is 39.3 Å². The molecule has 0 bridgehead atoms. The van der Waals surface area contributed by atoms with Crippen LogP contribution < -0.4 is 17.1 Å². The quantitative estimate of drug-likeness (QED) is 0.185. The fourth-order valence-corrected chi connectivity index (χ4v) is 8.69. The molecule has 2 saturated heterocycles. The van der Waals surface area contributed by atoms with Crippen molar-refractivity contribution >= 4 is 56.3 Å². The van der Waals surface area contributed by atoms with Crippen LogP contribution in [0.15, 0.2) is 75.0 Å². The Morgan fingerprint density at radius 1 is 0.560 bits per heavy atom. The van der Waals surface area contributed by atoms with E-state index in [9.17, 15) is 14.4 Å². The number of nitrogens with one attached hydrogen (secondary N) is 2. The molecule has 0 amide bonds. The molecule has 0 saturated carbocycles. The summed E-state index contributed by atoms with van der Waals surface area (Å²) in [6.45, 7) is 6.81. The van der Waals surface area contributed by atoms with Crippen LogP contribution in [0.1, 0.15) is 50.6 Å². The summed E-state index contributed by atoms with van der Waals surface area (Å²) >= 11 is 12.3. The second kappa shape index (κ2) is 13.9. The summed E-state index contributed by atoms with van der Waals surface area (Å²) in [7, 11) is 0. The lowest BCUT2D eigenvalue weighted by atomic mass is 10.0. The Labute approximate surface area is 298 Å². The van der Waals surface area contributed by atoms with E-state index in [1.54, 1.807) is 0 Å². The minimum absolute atomic E-state index is 0.0567. The largest absolute Gasteiger partial charge is 0.329 e. The lowest BCUT2D eigenvalue weighted by Crippen LogP contribution is -2.38. The Bertz CT molecular complexity index is 2170. The van der Waals surface area contributed by atoms with Gasteiger partial charge in [0.15, 0.2) is 0 Å². The molecule has 8 rings (SSSR count). The number of hydrogen-bond acceptors (Lipinski definition) is 5. The lowest BCUT2D eigenvalue weighted by molar-refractivity contribution is 0.182. The number of hydrogen-bond donors (Lipinski definition) is 2. The highest BCUT2D eigenvalue weighted by Gasteiger charge is 2.25. The van der Waals surface area contributed by atoms with Crippen LogP contribution in [0.25, 0.3) is 33.1 Å². The van der Waals surface area contributed by atoms with Crippen LogP contribution >= 0.6 is 23.2 Å². The maximum atomic E-state index is 13.7. The van der Waals surface area contributed by atoms with Gasteiger partial charge in [-0.05, 0) is 100 Å². The Kier molecular flexibility index (Phi) is 9.24. The van der Waals surface area contributed by atoms with Gasteiger partial charge in [0.05, 0.1) is 33.1 Å². The van der Waals surface area contributed by atoms with E-state index in [-0.39, 0.29) is 29.2 Å². The van der Waals surface area contributed by atoms with E-state index >= 15 is 0 Å². The molecule has 0 atom stereocenters. The zero-order valence-electron chi connectivity index (χ0n) is 28.0. The molecule has 5 heterocycles. The number of H-pyrrole nitrogens is 2. The average Bonchev–Trinajstić information content (AvgIpc) is 3.71. The lowest BCUT2D eigenvalue weighted by Gasteiger charge is -2.32. The smallest absolute Gasteiger partial charge is 0.305 e. The van der Waals surface area contributed by atoms with Crippen LogP contribution in [0.3, 0.4) is 0 Å². The highest BCUT2D eigenvalue weighted by Crippen LogP contribution is 2.28.